The fourth-order valence-electron chi connectivity index (χ4n) is 7.01. The highest BCUT2D eigenvalue weighted by molar-refractivity contribution is 5.85. The lowest BCUT2D eigenvalue weighted by atomic mass is 9.73. The van der Waals surface area contributed by atoms with Crippen molar-refractivity contribution >= 4 is 29.8 Å². The molecule has 2 aromatic rings. The van der Waals surface area contributed by atoms with Crippen molar-refractivity contribution in [2.24, 2.45) is 15.9 Å². The standard InChI is InChI=1S/C35H46N4O4/c1-2-43-35(40)7-5-3-4-6-28(31-22-36-33-10-8-26(20-29(31)33)24-38-12-16-41-17-13-38)32-23-37-34-11-9-27(21-30(32)34)25-39-14-18-42-19-15-39/h8-11,20-23,28,31-32H,2-7,12-19,24-25H2,1H3. The van der Waals surface area contributed by atoms with Crippen molar-refractivity contribution in [3.05, 3.63) is 58.7 Å². The predicted molar refractivity (Wildman–Crippen MR) is 170 cm³/mol. The summed E-state index contributed by atoms with van der Waals surface area (Å²) >= 11 is 0. The molecule has 0 radical (unpaired) electrons. The van der Waals surface area contributed by atoms with E-state index in [2.05, 4.69) is 58.6 Å². The van der Waals surface area contributed by atoms with E-state index in [4.69, 9.17) is 24.2 Å². The number of nitrogens with zero attached hydrogens (tertiary/aromatic N) is 4. The fraction of sp³-hybridized carbons (Fsp3) is 0.571. The highest BCUT2D eigenvalue weighted by Gasteiger charge is 2.36. The van der Waals surface area contributed by atoms with E-state index in [1.807, 2.05) is 6.92 Å². The van der Waals surface area contributed by atoms with Gasteiger partial charge >= 0.3 is 5.97 Å². The average molecular weight is 587 g/mol. The molecule has 8 nitrogen and oxygen atoms in total. The maximum Gasteiger partial charge on any atom is 0.305 e. The van der Waals surface area contributed by atoms with Gasteiger partial charge in [0.2, 0.25) is 0 Å². The van der Waals surface area contributed by atoms with Crippen molar-refractivity contribution in [3.8, 4) is 0 Å². The van der Waals surface area contributed by atoms with E-state index in [9.17, 15) is 4.79 Å². The minimum atomic E-state index is -0.0895. The van der Waals surface area contributed by atoms with E-state index in [1.54, 1.807) is 0 Å². The molecule has 4 aliphatic heterocycles. The van der Waals surface area contributed by atoms with Crippen LogP contribution in [-0.4, -0.2) is 87.4 Å². The van der Waals surface area contributed by atoms with Crippen LogP contribution in [0, 0.1) is 5.92 Å². The summed E-state index contributed by atoms with van der Waals surface area (Å²) in [5.74, 6) is 0.716. The molecule has 0 aromatic heterocycles. The van der Waals surface area contributed by atoms with Crippen molar-refractivity contribution in [1.29, 1.82) is 0 Å². The Balaban J connectivity index is 1.21. The Labute approximate surface area is 256 Å². The summed E-state index contributed by atoms with van der Waals surface area (Å²) < 4.78 is 16.3. The summed E-state index contributed by atoms with van der Waals surface area (Å²) in [4.78, 5) is 26.7. The topological polar surface area (TPSA) is 76.0 Å². The number of hydrogen-bond acceptors (Lipinski definition) is 8. The highest BCUT2D eigenvalue weighted by Crippen LogP contribution is 2.48. The van der Waals surface area contributed by atoms with Gasteiger partial charge in [-0.2, -0.15) is 0 Å². The Bertz CT molecular complexity index is 1210. The number of rotatable bonds is 13. The Hall–Kier alpha value is -2.91. The molecule has 0 saturated carbocycles. The lowest BCUT2D eigenvalue weighted by molar-refractivity contribution is -0.143. The second-order valence-electron chi connectivity index (χ2n) is 12.2. The van der Waals surface area contributed by atoms with Crippen LogP contribution in [0.2, 0.25) is 0 Å². The molecule has 2 atom stereocenters. The number of hydrogen-bond donors (Lipinski definition) is 0. The van der Waals surface area contributed by atoms with Crippen LogP contribution in [0.25, 0.3) is 0 Å². The summed E-state index contributed by atoms with van der Waals surface area (Å²) in [6.45, 7) is 11.4. The van der Waals surface area contributed by atoms with E-state index in [0.29, 0.717) is 18.9 Å². The van der Waals surface area contributed by atoms with Gasteiger partial charge in [0.15, 0.2) is 0 Å². The number of benzene rings is 2. The zero-order chi connectivity index (χ0) is 29.4. The lowest BCUT2D eigenvalue weighted by Gasteiger charge is -2.30. The number of unbranched alkanes of at least 4 members (excludes halogenated alkanes) is 2. The fourth-order valence-corrected chi connectivity index (χ4v) is 7.01. The Kier molecular flexibility index (Phi) is 10.3. The van der Waals surface area contributed by atoms with E-state index in [1.165, 1.54) is 22.3 Å². The van der Waals surface area contributed by atoms with Gasteiger partial charge in [0.1, 0.15) is 0 Å². The molecule has 0 bridgehead atoms. The molecule has 4 heterocycles. The van der Waals surface area contributed by atoms with Crippen molar-refractivity contribution in [2.45, 2.75) is 64.0 Å². The third-order valence-electron chi connectivity index (χ3n) is 9.32. The number of carbonyl (C=O) groups is 1. The smallest absolute Gasteiger partial charge is 0.305 e. The van der Waals surface area contributed by atoms with Gasteiger partial charge in [-0.3, -0.25) is 24.6 Å². The molecule has 0 N–H and O–H groups in total. The summed E-state index contributed by atoms with van der Waals surface area (Å²) in [6, 6.07) is 13.7. The minimum absolute atomic E-state index is 0.0895. The number of morpholine rings is 2. The molecule has 0 aliphatic carbocycles. The van der Waals surface area contributed by atoms with Gasteiger partial charge in [-0.05, 0) is 60.1 Å². The molecular weight excluding hydrogens is 540 g/mol. The third-order valence-corrected chi connectivity index (χ3v) is 9.32. The zero-order valence-corrected chi connectivity index (χ0v) is 25.6. The summed E-state index contributed by atoms with van der Waals surface area (Å²) in [6.07, 6.45) is 8.86. The molecular formula is C35H46N4O4. The quantitative estimate of drug-likeness (QED) is 0.219. The van der Waals surface area contributed by atoms with Crippen LogP contribution in [0.3, 0.4) is 0 Å². The van der Waals surface area contributed by atoms with Crippen molar-refractivity contribution in [1.82, 2.24) is 9.80 Å². The maximum atomic E-state index is 11.9. The first-order valence-corrected chi connectivity index (χ1v) is 16.3. The molecule has 2 unspecified atom stereocenters. The normalized spacial score (nSPS) is 22.4. The van der Waals surface area contributed by atoms with Gasteiger partial charge in [-0.1, -0.05) is 37.1 Å². The van der Waals surface area contributed by atoms with E-state index < -0.39 is 0 Å². The Morgan fingerprint density at radius 3 is 1.86 bits per heavy atom. The maximum absolute atomic E-state index is 11.9. The summed E-state index contributed by atoms with van der Waals surface area (Å²) in [5.41, 5.74) is 7.57. The van der Waals surface area contributed by atoms with Crippen LogP contribution in [0.1, 0.15) is 73.1 Å². The van der Waals surface area contributed by atoms with Crippen LogP contribution in [-0.2, 0) is 32.1 Å². The number of esters is 1. The average Bonchev–Trinajstić information content (AvgIpc) is 3.64. The van der Waals surface area contributed by atoms with Crippen LogP contribution >= 0.6 is 0 Å². The molecule has 8 heteroatoms. The third kappa shape index (κ3) is 7.60. The predicted octanol–water partition coefficient (Wildman–Crippen LogP) is 5.78. The molecule has 2 fully saturated rings. The van der Waals surface area contributed by atoms with Crippen molar-refractivity contribution in [2.75, 3.05) is 59.2 Å². The summed E-state index contributed by atoms with van der Waals surface area (Å²) in [5, 5.41) is 0. The molecule has 230 valence electrons. The second-order valence-corrected chi connectivity index (χ2v) is 12.2. The number of carbonyl (C=O) groups excluding carboxylic acids is 1. The van der Waals surface area contributed by atoms with Crippen LogP contribution in [0.15, 0.2) is 46.4 Å². The molecule has 0 spiro atoms. The minimum Gasteiger partial charge on any atom is -0.466 e. The van der Waals surface area contributed by atoms with Crippen molar-refractivity contribution < 1.29 is 19.0 Å². The molecule has 2 aromatic carbocycles. The molecule has 6 rings (SSSR count). The van der Waals surface area contributed by atoms with Crippen LogP contribution in [0.4, 0.5) is 11.4 Å². The molecule has 2 saturated heterocycles. The van der Waals surface area contributed by atoms with Gasteiger partial charge in [-0.15, -0.1) is 0 Å². The molecule has 4 aliphatic rings. The Morgan fingerprint density at radius 1 is 0.814 bits per heavy atom. The lowest BCUT2D eigenvalue weighted by Crippen LogP contribution is -2.35. The van der Waals surface area contributed by atoms with E-state index in [-0.39, 0.29) is 17.8 Å². The number of aliphatic imine (C=N–C) groups is 2. The highest BCUT2D eigenvalue weighted by atomic mass is 16.5. The number of ether oxygens (including phenoxy) is 3. The van der Waals surface area contributed by atoms with Gasteiger partial charge in [0.05, 0.1) is 44.4 Å². The summed E-state index contributed by atoms with van der Waals surface area (Å²) in [7, 11) is 0. The first kappa shape index (κ1) is 30.1. The van der Waals surface area contributed by atoms with E-state index >= 15 is 0 Å². The number of fused-ring (bicyclic) bond motifs is 2. The van der Waals surface area contributed by atoms with Gasteiger partial charge in [-0.25, -0.2) is 0 Å². The first-order chi connectivity index (χ1) is 21.2. The van der Waals surface area contributed by atoms with Gasteiger partial charge < -0.3 is 14.2 Å². The van der Waals surface area contributed by atoms with Crippen LogP contribution < -0.4 is 0 Å². The second kappa shape index (κ2) is 14.7. The molecule has 43 heavy (non-hydrogen) atoms. The van der Waals surface area contributed by atoms with Crippen molar-refractivity contribution in [3.63, 3.8) is 0 Å². The van der Waals surface area contributed by atoms with E-state index in [0.717, 1.165) is 103 Å². The zero-order valence-electron chi connectivity index (χ0n) is 25.6. The van der Waals surface area contributed by atoms with Gasteiger partial charge in [0, 0.05) is 70.0 Å². The monoisotopic (exact) mass is 586 g/mol. The first-order valence-electron chi connectivity index (χ1n) is 16.3. The van der Waals surface area contributed by atoms with Crippen LogP contribution in [0.5, 0.6) is 0 Å². The molecule has 0 amide bonds. The SMILES string of the molecule is CCOC(=O)CCCCCC(C1C=Nc2ccc(CN3CCOCC3)cc21)C1C=Nc2ccc(CN3CCOCC3)cc21. The van der Waals surface area contributed by atoms with Gasteiger partial charge in [0.25, 0.3) is 0 Å². The largest absolute Gasteiger partial charge is 0.466 e. The Morgan fingerprint density at radius 2 is 1.35 bits per heavy atom.